The Balaban J connectivity index is 1.90. The van der Waals surface area contributed by atoms with E-state index in [0.717, 1.165) is 5.69 Å². The highest BCUT2D eigenvalue weighted by molar-refractivity contribution is 7.91. The monoisotopic (exact) mass is 308 g/mol. The quantitative estimate of drug-likeness (QED) is 0.795. The van der Waals surface area contributed by atoms with E-state index in [0.29, 0.717) is 11.1 Å². The molecule has 1 saturated heterocycles. The van der Waals surface area contributed by atoms with Crippen molar-refractivity contribution in [3.05, 3.63) is 29.7 Å². The van der Waals surface area contributed by atoms with Gasteiger partial charge in [0.25, 0.3) is 5.91 Å². The molecule has 1 aliphatic heterocycles. The first kappa shape index (κ1) is 14.1. The summed E-state index contributed by atoms with van der Waals surface area (Å²) >= 11 is 0. The van der Waals surface area contributed by atoms with Crippen LogP contribution in [0.15, 0.2) is 22.6 Å². The van der Waals surface area contributed by atoms with Crippen molar-refractivity contribution in [2.75, 3.05) is 18.1 Å². The number of aryl methyl sites for hydroxylation is 1. The van der Waals surface area contributed by atoms with Gasteiger partial charge in [-0.15, -0.1) is 0 Å². The molecule has 0 spiro atoms. The Labute approximate surface area is 122 Å². The van der Waals surface area contributed by atoms with Crippen molar-refractivity contribution in [3.8, 4) is 0 Å². The van der Waals surface area contributed by atoms with Crippen molar-refractivity contribution in [3.63, 3.8) is 0 Å². The van der Waals surface area contributed by atoms with Crippen LogP contribution in [0.25, 0.3) is 11.1 Å². The molecule has 6 nitrogen and oxygen atoms in total. The van der Waals surface area contributed by atoms with E-state index in [2.05, 4.69) is 4.98 Å². The molecule has 1 atom stereocenters. The lowest BCUT2D eigenvalue weighted by Crippen LogP contribution is -2.49. The Morgan fingerprint density at radius 1 is 1.43 bits per heavy atom. The minimum atomic E-state index is -3.05. The van der Waals surface area contributed by atoms with E-state index in [4.69, 9.17) is 4.42 Å². The first-order valence-corrected chi connectivity index (χ1v) is 8.56. The van der Waals surface area contributed by atoms with Gasteiger partial charge in [-0.25, -0.2) is 13.4 Å². The van der Waals surface area contributed by atoms with Crippen molar-refractivity contribution < 1.29 is 17.6 Å². The van der Waals surface area contributed by atoms with Crippen molar-refractivity contribution >= 4 is 26.8 Å². The summed E-state index contributed by atoms with van der Waals surface area (Å²) in [5, 5.41) is 0. The number of pyridine rings is 1. The zero-order valence-corrected chi connectivity index (χ0v) is 12.7. The summed E-state index contributed by atoms with van der Waals surface area (Å²) in [4.78, 5) is 18.3. The molecule has 7 heteroatoms. The maximum atomic E-state index is 12.5. The highest BCUT2D eigenvalue weighted by Crippen LogP contribution is 2.21. The second-order valence-electron chi connectivity index (χ2n) is 5.41. The average molecular weight is 308 g/mol. The summed E-state index contributed by atoms with van der Waals surface area (Å²) in [5.41, 5.74) is 2.04. The fraction of sp³-hybridized carbons (Fsp3) is 0.429. The minimum absolute atomic E-state index is 0.000661. The number of hydrogen-bond donors (Lipinski definition) is 0. The van der Waals surface area contributed by atoms with Gasteiger partial charge >= 0.3 is 0 Å². The van der Waals surface area contributed by atoms with Crippen LogP contribution in [0.3, 0.4) is 0 Å². The van der Waals surface area contributed by atoms with E-state index in [9.17, 15) is 13.2 Å². The molecule has 0 aliphatic carbocycles. The molecule has 0 bridgehead atoms. The largest absolute Gasteiger partial charge is 0.449 e. The van der Waals surface area contributed by atoms with Crippen LogP contribution in [0, 0.1) is 6.92 Å². The molecule has 3 rings (SSSR count). The number of nitrogens with zero attached hydrogens (tertiary/aromatic N) is 2. The summed E-state index contributed by atoms with van der Waals surface area (Å²) in [6.45, 7) is 3.80. The number of carbonyl (C=O) groups excluding carboxylic acids is 1. The Hall–Kier alpha value is -1.89. The van der Waals surface area contributed by atoms with E-state index in [1.807, 2.05) is 13.0 Å². The Morgan fingerprint density at radius 3 is 2.90 bits per heavy atom. The fourth-order valence-corrected chi connectivity index (χ4v) is 4.13. The maximum absolute atomic E-state index is 12.5. The zero-order chi connectivity index (χ0) is 15.2. The van der Waals surface area contributed by atoms with Gasteiger partial charge in [-0.2, -0.15) is 0 Å². The zero-order valence-electron chi connectivity index (χ0n) is 11.9. The van der Waals surface area contributed by atoms with E-state index in [-0.39, 0.29) is 35.8 Å². The van der Waals surface area contributed by atoms with E-state index < -0.39 is 9.84 Å². The number of carbonyl (C=O) groups is 1. The number of amides is 1. The van der Waals surface area contributed by atoms with Gasteiger partial charge in [0, 0.05) is 24.3 Å². The number of aromatic nitrogens is 1. The summed E-state index contributed by atoms with van der Waals surface area (Å²) < 4.78 is 28.7. The predicted molar refractivity (Wildman–Crippen MR) is 77.9 cm³/mol. The number of sulfone groups is 1. The summed E-state index contributed by atoms with van der Waals surface area (Å²) in [5.74, 6) is -0.0842. The van der Waals surface area contributed by atoms with Crippen LogP contribution < -0.4 is 0 Å². The van der Waals surface area contributed by atoms with Gasteiger partial charge in [0.05, 0.1) is 11.5 Å². The van der Waals surface area contributed by atoms with Crippen LogP contribution in [0.4, 0.5) is 0 Å². The van der Waals surface area contributed by atoms with Gasteiger partial charge < -0.3 is 9.32 Å². The van der Waals surface area contributed by atoms with Crippen molar-refractivity contribution in [2.24, 2.45) is 0 Å². The number of rotatable bonds is 1. The third kappa shape index (κ3) is 2.65. The molecule has 0 radical (unpaired) electrons. The van der Waals surface area contributed by atoms with Gasteiger partial charge in [-0.3, -0.25) is 4.79 Å². The van der Waals surface area contributed by atoms with Crippen LogP contribution in [-0.2, 0) is 9.84 Å². The second-order valence-corrected chi connectivity index (χ2v) is 7.64. The smallest absolute Gasteiger partial charge is 0.289 e. The molecular formula is C14H16N2O4S. The van der Waals surface area contributed by atoms with Crippen LogP contribution in [0.2, 0.25) is 0 Å². The van der Waals surface area contributed by atoms with Crippen molar-refractivity contribution in [1.29, 1.82) is 0 Å². The van der Waals surface area contributed by atoms with Gasteiger partial charge in [0.15, 0.2) is 21.2 Å². The molecule has 0 unspecified atom stereocenters. The first-order chi connectivity index (χ1) is 9.85. The van der Waals surface area contributed by atoms with Crippen LogP contribution in [0.5, 0.6) is 0 Å². The SMILES string of the molecule is Cc1ccc2oc(C(=O)N3CCS(=O)(=O)C[C@H]3C)cc2n1. The van der Waals surface area contributed by atoms with Gasteiger partial charge in [-0.05, 0) is 26.0 Å². The maximum Gasteiger partial charge on any atom is 0.289 e. The molecule has 112 valence electrons. The summed E-state index contributed by atoms with van der Waals surface area (Å²) in [6.07, 6.45) is 0. The first-order valence-electron chi connectivity index (χ1n) is 6.74. The number of fused-ring (bicyclic) bond motifs is 1. The number of hydrogen-bond acceptors (Lipinski definition) is 5. The lowest BCUT2D eigenvalue weighted by Gasteiger charge is -2.32. The third-order valence-electron chi connectivity index (χ3n) is 3.65. The Kier molecular flexibility index (Phi) is 3.24. The summed E-state index contributed by atoms with van der Waals surface area (Å²) in [7, 11) is -3.05. The van der Waals surface area contributed by atoms with Gasteiger partial charge in [0.1, 0.15) is 5.52 Å². The minimum Gasteiger partial charge on any atom is -0.449 e. The molecule has 0 saturated carbocycles. The third-order valence-corrected chi connectivity index (χ3v) is 5.45. The van der Waals surface area contributed by atoms with Crippen LogP contribution in [0.1, 0.15) is 23.2 Å². The molecule has 21 heavy (non-hydrogen) atoms. The Bertz CT molecular complexity index is 809. The average Bonchev–Trinajstić information content (AvgIpc) is 2.80. The van der Waals surface area contributed by atoms with E-state index in [1.54, 1.807) is 24.0 Å². The lowest BCUT2D eigenvalue weighted by molar-refractivity contribution is 0.0682. The molecule has 0 aromatic carbocycles. The molecule has 0 N–H and O–H groups in total. The Morgan fingerprint density at radius 2 is 2.19 bits per heavy atom. The lowest BCUT2D eigenvalue weighted by atomic mass is 10.2. The van der Waals surface area contributed by atoms with E-state index >= 15 is 0 Å². The standard InChI is InChI=1S/C14H16N2O4S/c1-9-3-4-12-11(15-9)7-13(20-12)14(17)16-5-6-21(18,19)8-10(16)2/h3-4,7,10H,5-6,8H2,1-2H3/t10-/m1/s1. The molecule has 2 aromatic heterocycles. The second kappa shape index (κ2) is 4.84. The molecular weight excluding hydrogens is 292 g/mol. The highest BCUT2D eigenvalue weighted by Gasteiger charge is 2.33. The predicted octanol–water partition coefficient (Wildman–Crippen LogP) is 1.40. The molecule has 1 aliphatic rings. The molecule has 2 aromatic rings. The van der Waals surface area contributed by atoms with Crippen LogP contribution in [-0.4, -0.2) is 48.3 Å². The van der Waals surface area contributed by atoms with Crippen LogP contribution >= 0.6 is 0 Å². The molecule has 1 amide bonds. The van der Waals surface area contributed by atoms with Crippen molar-refractivity contribution in [1.82, 2.24) is 9.88 Å². The normalized spacial score (nSPS) is 21.6. The molecule has 3 heterocycles. The van der Waals surface area contributed by atoms with E-state index in [1.165, 1.54) is 0 Å². The fourth-order valence-electron chi connectivity index (χ4n) is 2.57. The van der Waals surface area contributed by atoms with Crippen molar-refractivity contribution in [2.45, 2.75) is 19.9 Å². The summed E-state index contributed by atoms with van der Waals surface area (Å²) in [6, 6.07) is 4.86. The highest BCUT2D eigenvalue weighted by atomic mass is 32.2. The number of furan rings is 1. The topological polar surface area (TPSA) is 80.5 Å². The molecule has 1 fully saturated rings. The van der Waals surface area contributed by atoms with Gasteiger partial charge in [0.2, 0.25) is 0 Å². The van der Waals surface area contributed by atoms with Gasteiger partial charge in [-0.1, -0.05) is 0 Å².